The van der Waals surface area contributed by atoms with Crippen molar-refractivity contribution in [2.24, 2.45) is 5.92 Å². The van der Waals surface area contributed by atoms with Crippen molar-refractivity contribution in [2.75, 3.05) is 7.11 Å². The number of carbonyl (C=O) groups is 1. The molecule has 0 radical (unpaired) electrons. The summed E-state index contributed by atoms with van der Waals surface area (Å²) < 4.78 is 5.26. The molecule has 0 unspecified atom stereocenters. The van der Waals surface area contributed by atoms with Gasteiger partial charge in [0.1, 0.15) is 11.5 Å². The van der Waals surface area contributed by atoms with Crippen molar-refractivity contribution < 1.29 is 9.53 Å². The van der Waals surface area contributed by atoms with Gasteiger partial charge in [-0.2, -0.15) is 0 Å². The maximum Gasteiger partial charge on any atom is 0.140 e. The molecule has 0 saturated carbocycles. The zero-order chi connectivity index (χ0) is 13.7. The van der Waals surface area contributed by atoms with Crippen LogP contribution < -0.4 is 4.74 Å². The van der Waals surface area contributed by atoms with E-state index < -0.39 is 0 Å². The molecule has 1 rings (SSSR count). The lowest BCUT2D eigenvalue weighted by Gasteiger charge is -2.11. The molecule has 4 heteroatoms. The number of carbonyl (C=O) groups excluding carboxylic acids is 1. The Kier molecular flexibility index (Phi) is 5.97. The molecule has 1 aromatic rings. The fraction of sp³-hybridized carbons (Fsp3) is 0.500. The molecule has 0 spiro atoms. The van der Waals surface area contributed by atoms with Crippen LogP contribution in [-0.4, -0.2) is 12.9 Å². The minimum atomic E-state index is 0.0924. The molecule has 100 valence electrons. The number of Topliss-reactive ketones (excluding diaryl/α,β-unsaturated/α-hetero) is 1. The van der Waals surface area contributed by atoms with Crippen LogP contribution in [0.15, 0.2) is 12.1 Å². The number of rotatable bonds is 6. The van der Waals surface area contributed by atoms with Crippen LogP contribution in [-0.2, 0) is 11.2 Å². The number of hydrogen-bond donors (Lipinski definition) is 0. The maximum absolute atomic E-state index is 11.5. The third-order valence-corrected chi connectivity index (χ3v) is 3.30. The van der Waals surface area contributed by atoms with E-state index in [0.29, 0.717) is 22.2 Å². The molecule has 1 aromatic carbocycles. The Hall–Kier alpha value is -0.730. The van der Waals surface area contributed by atoms with E-state index in [1.807, 2.05) is 19.9 Å². The summed E-state index contributed by atoms with van der Waals surface area (Å²) in [7, 11) is 1.58. The van der Waals surface area contributed by atoms with E-state index in [2.05, 4.69) is 0 Å². The Morgan fingerprint density at radius 1 is 1.33 bits per heavy atom. The fourth-order valence-corrected chi connectivity index (χ4v) is 2.38. The number of hydrogen-bond acceptors (Lipinski definition) is 2. The first-order chi connectivity index (χ1) is 8.45. The number of ether oxygens (including phenoxy) is 1. The monoisotopic (exact) mass is 288 g/mol. The van der Waals surface area contributed by atoms with Crippen molar-refractivity contribution in [1.29, 1.82) is 0 Å². The Morgan fingerprint density at radius 2 is 2.00 bits per heavy atom. The number of benzene rings is 1. The van der Waals surface area contributed by atoms with E-state index >= 15 is 0 Å². The fourth-order valence-electron chi connectivity index (χ4n) is 1.77. The molecular formula is C14H18Cl2O2. The predicted molar refractivity (Wildman–Crippen MR) is 75.8 cm³/mol. The van der Waals surface area contributed by atoms with Crippen LogP contribution in [0.1, 0.15) is 32.3 Å². The highest BCUT2D eigenvalue weighted by atomic mass is 35.5. The van der Waals surface area contributed by atoms with Crippen LogP contribution in [0.3, 0.4) is 0 Å². The molecular weight excluding hydrogens is 271 g/mol. The van der Waals surface area contributed by atoms with Gasteiger partial charge in [-0.3, -0.25) is 4.79 Å². The van der Waals surface area contributed by atoms with Gasteiger partial charge in [0.05, 0.1) is 12.1 Å². The summed E-state index contributed by atoms with van der Waals surface area (Å²) in [5.41, 5.74) is 0.951. The highest BCUT2D eigenvalue weighted by Gasteiger charge is 2.11. The van der Waals surface area contributed by atoms with Crippen LogP contribution in [0.5, 0.6) is 5.75 Å². The van der Waals surface area contributed by atoms with Gasteiger partial charge in [0.15, 0.2) is 0 Å². The van der Waals surface area contributed by atoms with Crippen LogP contribution in [0.25, 0.3) is 0 Å². The van der Waals surface area contributed by atoms with Crippen molar-refractivity contribution in [3.63, 3.8) is 0 Å². The number of halogens is 2. The summed E-state index contributed by atoms with van der Waals surface area (Å²) >= 11 is 12.0. The smallest absolute Gasteiger partial charge is 0.140 e. The molecule has 18 heavy (non-hydrogen) atoms. The quantitative estimate of drug-likeness (QED) is 0.768. The molecule has 0 saturated heterocycles. The molecule has 0 heterocycles. The third-order valence-electron chi connectivity index (χ3n) is 2.80. The number of methoxy groups -OCH3 is 1. The first kappa shape index (κ1) is 15.3. The normalized spacial score (nSPS) is 10.8. The van der Waals surface area contributed by atoms with Crippen molar-refractivity contribution >= 4 is 29.0 Å². The van der Waals surface area contributed by atoms with Gasteiger partial charge in [-0.05, 0) is 30.5 Å². The van der Waals surface area contributed by atoms with E-state index in [4.69, 9.17) is 27.9 Å². The van der Waals surface area contributed by atoms with Crippen LogP contribution in [0, 0.1) is 5.92 Å². The highest BCUT2D eigenvalue weighted by molar-refractivity contribution is 6.35. The summed E-state index contributed by atoms with van der Waals surface area (Å²) in [5, 5.41) is 1.10. The van der Waals surface area contributed by atoms with Crippen molar-refractivity contribution in [3.8, 4) is 5.75 Å². The van der Waals surface area contributed by atoms with Gasteiger partial charge in [-0.25, -0.2) is 0 Å². The average molecular weight is 289 g/mol. The van der Waals surface area contributed by atoms with Crippen molar-refractivity contribution in [3.05, 3.63) is 27.7 Å². The lowest BCUT2D eigenvalue weighted by Crippen LogP contribution is -2.07. The van der Waals surface area contributed by atoms with Crippen LogP contribution >= 0.6 is 23.2 Å². The topological polar surface area (TPSA) is 26.3 Å². The van der Waals surface area contributed by atoms with E-state index in [9.17, 15) is 4.79 Å². The average Bonchev–Trinajstić information content (AvgIpc) is 2.28. The first-order valence-corrected chi connectivity index (χ1v) is 6.76. The minimum Gasteiger partial charge on any atom is -0.495 e. The SMILES string of the molecule is COc1c(Cl)cc(Cl)cc1CCCC(=O)C(C)C. The third kappa shape index (κ3) is 4.18. The summed E-state index contributed by atoms with van der Waals surface area (Å²) in [5.74, 6) is 1.02. The maximum atomic E-state index is 11.5. The summed E-state index contributed by atoms with van der Waals surface area (Å²) in [6.07, 6.45) is 2.09. The largest absolute Gasteiger partial charge is 0.495 e. The van der Waals surface area contributed by atoms with Gasteiger partial charge in [0.25, 0.3) is 0 Å². The van der Waals surface area contributed by atoms with Crippen molar-refractivity contribution in [2.45, 2.75) is 33.1 Å². The van der Waals surface area contributed by atoms with Gasteiger partial charge >= 0.3 is 0 Å². The summed E-state index contributed by atoms with van der Waals surface area (Å²) in [4.78, 5) is 11.5. The van der Waals surface area contributed by atoms with Crippen LogP contribution in [0.4, 0.5) is 0 Å². The lowest BCUT2D eigenvalue weighted by molar-refractivity contribution is -0.121. The van der Waals surface area contributed by atoms with Gasteiger partial charge < -0.3 is 4.74 Å². The van der Waals surface area contributed by atoms with E-state index in [0.717, 1.165) is 18.4 Å². The Bertz CT molecular complexity index is 428. The van der Waals surface area contributed by atoms with Gasteiger partial charge in [-0.15, -0.1) is 0 Å². The van der Waals surface area contributed by atoms with Crippen LogP contribution in [0.2, 0.25) is 10.0 Å². The molecule has 0 aliphatic carbocycles. The number of ketones is 1. The standard InChI is InChI=1S/C14H18Cl2O2/c1-9(2)13(17)6-4-5-10-7-11(15)8-12(16)14(10)18-3/h7-9H,4-6H2,1-3H3. The Balaban J connectivity index is 2.70. The summed E-state index contributed by atoms with van der Waals surface area (Å²) in [6, 6.07) is 3.50. The highest BCUT2D eigenvalue weighted by Crippen LogP contribution is 2.33. The van der Waals surface area contributed by atoms with Gasteiger partial charge in [0, 0.05) is 17.4 Å². The molecule has 0 aromatic heterocycles. The molecule has 0 bridgehead atoms. The Labute approximate surface area is 118 Å². The van der Waals surface area contributed by atoms with E-state index in [1.54, 1.807) is 13.2 Å². The molecule has 0 aliphatic heterocycles. The molecule has 2 nitrogen and oxygen atoms in total. The lowest BCUT2D eigenvalue weighted by atomic mass is 10.0. The predicted octanol–water partition coefficient (Wildman–Crippen LogP) is 4.55. The second-order valence-corrected chi connectivity index (χ2v) is 5.40. The van der Waals surface area contributed by atoms with Gasteiger partial charge in [-0.1, -0.05) is 37.0 Å². The van der Waals surface area contributed by atoms with Crippen molar-refractivity contribution in [1.82, 2.24) is 0 Å². The number of aryl methyl sites for hydroxylation is 1. The second-order valence-electron chi connectivity index (χ2n) is 4.55. The Morgan fingerprint density at radius 3 is 2.56 bits per heavy atom. The van der Waals surface area contributed by atoms with Gasteiger partial charge in [0.2, 0.25) is 0 Å². The molecule has 0 amide bonds. The molecule has 0 fully saturated rings. The first-order valence-electron chi connectivity index (χ1n) is 6.00. The molecule has 0 N–H and O–H groups in total. The van der Waals surface area contributed by atoms with E-state index in [-0.39, 0.29) is 11.7 Å². The molecule has 0 atom stereocenters. The zero-order valence-electron chi connectivity index (χ0n) is 10.9. The summed E-state index contributed by atoms with van der Waals surface area (Å²) in [6.45, 7) is 3.83. The molecule has 0 aliphatic rings. The second kappa shape index (κ2) is 7.01. The van der Waals surface area contributed by atoms with E-state index in [1.165, 1.54) is 0 Å². The minimum absolute atomic E-state index is 0.0924. The zero-order valence-corrected chi connectivity index (χ0v) is 12.4.